The van der Waals surface area contributed by atoms with Crippen LogP contribution in [-0.4, -0.2) is 43.3 Å². The van der Waals surface area contributed by atoms with Crippen LogP contribution in [0, 0.1) is 0 Å². The lowest BCUT2D eigenvalue weighted by Crippen LogP contribution is -2.51. The van der Waals surface area contributed by atoms with E-state index in [9.17, 15) is 14.4 Å². The molecule has 2 heterocycles. The van der Waals surface area contributed by atoms with Crippen LogP contribution < -0.4 is 27.1 Å². The molecular formula is C23H21ClN6O5S. The van der Waals surface area contributed by atoms with Gasteiger partial charge in [0.15, 0.2) is 0 Å². The number of nitrogens with one attached hydrogen (secondary N) is 2. The molecule has 0 aliphatic rings. The van der Waals surface area contributed by atoms with Crippen molar-refractivity contribution in [2.45, 2.75) is 13.1 Å². The summed E-state index contributed by atoms with van der Waals surface area (Å²) in [4.78, 5) is 49.2. The summed E-state index contributed by atoms with van der Waals surface area (Å²) in [5.74, 6) is -0.0362. The summed E-state index contributed by atoms with van der Waals surface area (Å²) in [6, 6.07) is 13.6. The molecule has 13 heteroatoms. The summed E-state index contributed by atoms with van der Waals surface area (Å²) in [6.07, 6.45) is 1.64. The van der Waals surface area contributed by atoms with Gasteiger partial charge >= 0.3 is 11.4 Å². The zero-order valence-corrected chi connectivity index (χ0v) is 20.3. The van der Waals surface area contributed by atoms with E-state index in [4.69, 9.17) is 21.4 Å². The zero-order chi connectivity index (χ0) is 25.5. The van der Waals surface area contributed by atoms with E-state index in [-0.39, 0.29) is 25.3 Å². The second-order valence-electron chi connectivity index (χ2n) is 7.41. The van der Waals surface area contributed by atoms with E-state index in [0.29, 0.717) is 21.7 Å². The first-order valence-corrected chi connectivity index (χ1v) is 12.0. The minimum atomic E-state index is -0.797. The molecule has 2 aromatic heterocycles. The van der Waals surface area contributed by atoms with Gasteiger partial charge in [0.05, 0.1) is 18.8 Å². The lowest BCUT2D eigenvalue weighted by Gasteiger charge is -2.11. The van der Waals surface area contributed by atoms with E-state index in [1.807, 2.05) is 0 Å². The maximum atomic E-state index is 13.3. The normalized spacial score (nSPS) is 11.4. The average Bonchev–Trinajstić information content (AvgIpc) is 3.38. The molecule has 4 rings (SSSR count). The van der Waals surface area contributed by atoms with Crippen molar-refractivity contribution in [1.29, 1.82) is 0 Å². The third-order valence-electron chi connectivity index (χ3n) is 4.86. The van der Waals surface area contributed by atoms with E-state index >= 15 is 0 Å². The van der Waals surface area contributed by atoms with Crippen LogP contribution in [0.5, 0.6) is 10.9 Å². The highest BCUT2D eigenvalue weighted by molar-refractivity contribution is 7.11. The molecule has 0 aliphatic heterocycles. The Hall–Kier alpha value is -4.00. The first-order valence-electron chi connectivity index (χ1n) is 10.7. The molecule has 2 aromatic carbocycles. The maximum absolute atomic E-state index is 13.3. The van der Waals surface area contributed by atoms with Crippen molar-refractivity contribution in [3.8, 4) is 10.9 Å². The predicted molar refractivity (Wildman–Crippen MR) is 134 cm³/mol. The van der Waals surface area contributed by atoms with Crippen LogP contribution in [0.3, 0.4) is 0 Å². The van der Waals surface area contributed by atoms with Crippen molar-refractivity contribution in [1.82, 2.24) is 24.4 Å². The lowest BCUT2D eigenvalue weighted by molar-refractivity contribution is -0.122. The number of thiazole rings is 1. The summed E-state index contributed by atoms with van der Waals surface area (Å²) >= 11 is 7.33. The van der Waals surface area contributed by atoms with Crippen LogP contribution in [0.25, 0.3) is 0 Å². The zero-order valence-electron chi connectivity index (χ0n) is 18.8. The van der Waals surface area contributed by atoms with Crippen molar-refractivity contribution < 1.29 is 14.6 Å². The van der Waals surface area contributed by atoms with Crippen molar-refractivity contribution >= 4 is 34.5 Å². The number of carbonyl (C=O) groups is 1. The number of amides is 1. The van der Waals surface area contributed by atoms with Crippen LogP contribution in [0.4, 0.5) is 5.69 Å². The molecule has 11 nitrogen and oxygen atoms in total. The van der Waals surface area contributed by atoms with Crippen LogP contribution in [0.1, 0.15) is 5.56 Å². The van der Waals surface area contributed by atoms with Gasteiger partial charge in [-0.1, -0.05) is 35.1 Å². The fourth-order valence-electron chi connectivity index (χ4n) is 3.16. The van der Waals surface area contributed by atoms with Gasteiger partial charge in [-0.15, -0.1) is 0 Å². The largest absolute Gasteiger partial charge is 0.431 e. The second kappa shape index (κ2) is 11.6. The fourth-order valence-corrected chi connectivity index (χ4v) is 3.79. The number of aromatic amines is 1. The molecule has 0 saturated carbocycles. The van der Waals surface area contributed by atoms with Gasteiger partial charge in [-0.25, -0.2) is 24.1 Å². The SMILES string of the molecule is O=C(Cn1c(=O)[nH]/c(=N\c2ccc(Oc3nccs3)cc2)n(Cc2ccc(Cl)cc2)c1=O)NCCO. The van der Waals surface area contributed by atoms with Gasteiger partial charge in [0.2, 0.25) is 11.5 Å². The van der Waals surface area contributed by atoms with Crippen LogP contribution in [0.15, 0.2) is 74.7 Å². The lowest BCUT2D eigenvalue weighted by atomic mass is 10.2. The van der Waals surface area contributed by atoms with Crippen LogP contribution in [-0.2, 0) is 17.9 Å². The van der Waals surface area contributed by atoms with Crippen molar-refractivity contribution in [3.05, 3.63) is 97.3 Å². The molecule has 0 radical (unpaired) electrons. The molecule has 0 atom stereocenters. The van der Waals surface area contributed by atoms with Crippen molar-refractivity contribution in [2.75, 3.05) is 13.2 Å². The molecule has 1 amide bonds. The van der Waals surface area contributed by atoms with E-state index in [1.165, 1.54) is 15.9 Å². The molecule has 0 unspecified atom stereocenters. The highest BCUT2D eigenvalue weighted by Crippen LogP contribution is 2.25. The number of hydrogen-bond acceptors (Lipinski definition) is 8. The molecule has 0 bridgehead atoms. The molecule has 36 heavy (non-hydrogen) atoms. The van der Waals surface area contributed by atoms with E-state index in [1.54, 1.807) is 60.1 Å². The third kappa shape index (κ3) is 6.36. The number of hydrogen-bond donors (Lipinski definition) is 3. The number of aliphatic hydroxyl groups excluding tert-OH is 1. The molecule has 0 aliphatic carbocycles. The highest BCUT2D eigenvalue weighted by atomic mass is 35.5. The van der Waals surface area contributed by atoms with Crippen LogP contribution >= 0.6 is 22.9 Å². The molecule has 4 aromatic rings. The minimum absolute atomic E-state index is 0.000517. The Morgan fingerprint density at radius 1 is 1.14 bits per heavy atom. The quantitative estimate of drug-likeness (QED) is 0.301. The van der Waals surface area contributed by atoms with Gasteiger partial charge in [-0.05, 0) is 42.0 Å². The van der Waals surface area contributed by atoms with Crippen molar-refractivity contribution in [3.63, 3.8) is 0 Å². The Kier molecular flexibility index (Phi) is 8.10. The maximum Gasteiger partial charge on any atom is 0.335 e. The number of H-pyrrole nitrogens is 1. The average molecular weight is 529 g/mol. The predicted octanol–water partition coefficient (Wildman–Crippen LogP) is 1.63. The highest BCUT2D eigenvalue weighted by Gasteiger charge is 2.13. The van der Waals surface area contributed by atoms with E-state index < -0.39 is 23.8 Å². The standard InChI is InChI=1S/C23H21ClN6O5S/c24-16-3-1-15(2-4-16)13-29-20(28-21(33)30(23(29)34)14-19(32)25-9-11-31)27-17-5-7-18(8-6-17)35-22-26-10-12-36-22/h1-8,10,12,31H,9,11,13-14H2,(H,25,32)(H,27,28,33). The molecule has 0 spiro atoms. The van der Waals surface area contributed by atoms with Gasteiger partial charge < -0.3 is 15.2 Å². The minimum Gasteiger partial charge on any atom is -0.431 e. The van der Waals surface area contributed by atoms with Crippen molar-refractivity contribution in [2.24, 2.45) is 4.99 Å². The summed E-state index contributed by atoms with van der Waals surface area (Å²) in [6.45, 7) is -0.710. The Balaban J connectivity index is 1.72. The monoisotopic (exact) mass is 528 g/mol. The molecule has 0 saturated heterocycles. The number of halogens is 1. The summed E-state index contributed by atoms with van der Waals surface area (Å²) in [7, 11) is 0. The van der Waals surface area contributed by atoms with Gasteiger partial charge in [-0.2, -0.15) is 0 Å². The first-order chi connectivity index (χ1) is 17.4. The number of ether oxygens (including phenoxy) is 1. The number of aliphatic hydroxyl groups is 1. The Bertz CT molecular complexity index is 1510. The van der Waals surface area contributed by atoms with Gasteiger partial charge in [0.25, 0.3) is 5.19 Å². The molecular weight excluding hydrogens is 508 g/mol. The number of benzene rings is 2. The second-order valence-corrected chi connectivity index (χ2v) is 8.71. The Morgan fingerprint density at radius 2 is 1.89 bits per heavy atom. The molecule has 3 N–H and O–H groups in total. The number of carbonyl (C=O) groups excluding carboxylic acids is 1. The van der Waals surface area contributed by atoms with E-state index in [2.05, 4.69) is 20.3 Å². The van der Waals surface area contributed by atoms with Gasteiger partial charge in [0, 0.05) is 23.1 Å². The summed E-state index contributed by atoms with van der Waals surface area (Å²) in [5, 5.41) is 14.1. The summed E-state index contributed by atoms with van der Waals surface area (Å²) < 4.78 is 7.66. The summed E-state index contributed by atoms with van der Waals surface area (Å²) in [5.41, 5.74) is -0.335. The molecule has 186 valence electrons. The molecule has 0 fully saturated rings. The first kappa shape index (κ1) is 25.1. The fraction of sp³-hybridized carbons (Fsp3) is 0.174. The topological polar surface area (TPSA) is 144 Å². The van der Waals surface area contributed by atoms with Gasteiger partial charge in [-0.3, -0.25) is 14.3 Å². The number of nitrogens with zero attached hydrogens (tertiary/aromatic N) is 4. The third-order valence-corrected chi connectivity index (χ3v) is 5.76. The van der Waals surface area contributed by atoms with Gasteiger partial charge in [0.1, 0.15) is 12.3 Å². The smallest absolute Gasteiger partial charge is 0.335 e. The van der Waals surface area contributed by atoms with Crippen LogP contribution in [0.2, 0.25) is 5.02 Å². The number of rotatable bonds is 9. The Labute approximate surface area is 213 Å². The number of aromatic nitrogens is 4. The van der Waals surface area contributed by atoms with E-state index in [0.717, 1.165) is 10.1 Å². The Morgan fingerprint density at radius 3 is 2.56 bits per heavy atom.